The van der Waals surface area contributed by atoms with Gasteiger partial charge < -0.3 is 19.8 Å². The number of pyridine rings is 2. The van der Waals surface area contributed by atoms with Crippen LogP contribution in [0.3, 0.4) is 0 Å². The summed E-state index contributed by atoms with van der Waals surface area (Å²) in [6.07, 6.45) is 3.84. The number of amides is 2. The lowest BCUT2D eigenvalue weighted by Crippen LogP contribution is -2.39. The van der Waals surface area contributed by atoms with Crippen molar-refractivity contribution in [2.24, 2.45) is 0 Å². The number of fused-ring (bicyclic) bond motifs is 1. The minimum Gasteiger partial charge on any atom is -0.493 e. The van der Waals surface area contributed by atoms with Crippen LogP contribution in [-0.2, 0) is 9.53 Å². The number of anilines is 2. The minimum absolute atomic E-state index is 0.109. The Morgan fingerprint density at radius 3 is 2.33 bits per heavy atom. The zero-order valence-electron chi connectivity index (χ0n) is 27.1. The van der Waals surface area contributed by atoms with Gasteiger partial charge in [-0.15, -0.1) is 0 Å². The highest BCUT2D eigenvalue weighted by Crippen LogP contribution is 2.38. The summed E-state index contributed by atoms with van der Waals surface area (Å²) in [5.41, 5.74) is 5.21. The van der Waals surface area contributed by atoms with Gasteiger partial charge in [-0.1, -0.05) is 53.2 Å². The maximum atomic E-state index is 14.0. The number of aromatic nitrogens is 2. The lowest BCUT2D eigenvalue weighted by Gasteiger charge is -2.27. The van der Waals surface area contributed by atoms with Gasteiger partial charge in [-0.3, -0.25) is 14.5 Å². The number of H-pyrrole nitrogens is 1. The smallest absolute Gasteiger partial charge is 0.326 e. The lowest BCUT2D eigenvalue weighted by atomic mass is 9.88. The normalized spacial score (nSPS) is 11.2. The van der Waals surface area contributed by atoms with E-state index >= 15 is 0 Å². The average molecular weight is 613 g/mol. The number of urea groups is 1. The summed E-state index contributed by atoms with van der Waals surface area (Å²) in [4.78, 5) is 46.8. The first kappa shape index (κ1) is 33.2. The molecule has 9 nitrogen and oxygen atoms in total. The second kappa shape index (κ2) is 15.4. The van der Waals surface area contributed by atoms with Crippen molar-refractivity contribution in [2.45, 2.75) is 72.6 Å². The molecule has 45 heavy (non-hydrogen) atoms. The summed E-state index contributed by atoms with van der Waals surface area (Å²) < 4.78 is 10.9. The molecule has 0 fully saturated rings. The third-order valence-electron chi connectivity index (χ3n) is 7.57. The van der Waals surface area contributed by atoms with Gasteiger partial charge in [0.1, 0.15) is 17.1 Å². The number of hydrogen-bond donors (Lipinski definition) is 2. The highest BCUT2D eigenvalue weighted by atomic mass is 16.5. The van der Waals surface area contributed by atoms with Gasteiger partial charge in [0, 0.05) is 37.2 Å². The molecule has 0 bridgehead atoms. The fourth-order valence-electron chi connectivity index (χ4n) is 5.19. The van der Waals surface area contributed by atoms with Gasteiger partial charge >= 0.3 is 12.0 Å². The van der Waals surface area contributed by atoms with Gasteiger partial charge in [-0.05, 0) is 83.0 Å². The Kier molecular flexibility index (Phi) is 11.4. The topological polar surface area (TPSA) is 114 Å². The molecule has 0 saturated carbocycles. The Balaban J connectivity index is 1.67. The summed E-state index contributed by atoms with van der Waals surface area (Å²) in [6, 6.07) is 17.2. The highest BCUT2D eigenvalue weighted by Gasteiger charge is 2.24. The molecule has 0 aliphatic rings. The van der Waals surface area contributed by atoms with Crippen molar-refractivity contribution in [3.63, 3.8) is 0 Å². The first-order valence-electron chi connectivity index (χ1n) is 15.7. The molecule has 0 saturated heterocycles. The fraction of sp³-hybridized carbons (Fsp3) is 0.389. The Hall–Kier alpha value is -4.66. The van der Waals surface area contributed by atoms with Gasteiger partial charge in [-0.25, -0.2) is 9.78 Å². The Labute approximate surface area is 265 Å². The number of unbranched alkanes of at least 4 members (excludes halogenated alkanes) is 1. The van der Waals surface area contributed by atoms with Crippen molar-refractivity contribution in [3.05, 3.63) is 82.3 Å². The number of esters is 1. The molecule has 0 aliphatic carbocycles. The molecule has 0 aliphatic heterocycles. The van der Waals surface area contributed by atoms with Crippen LogP contribution < -0.4 is 20.5 Å². The summed E-state index contributed by atoms with van der Waals surface area (Å²) in [7, 11) is 0. The third kappa shape index (κ3) is 8.50. The lowest BCUT2D eigenvalue weighted by molar-refractivity contribution is -0.141. The minimum atomic E-state index is -0.357. The van der Waals surface area contributed by atoms with Gasteiger partial charge in [0.15, 0.2) is 0 Å². The van der Waals surface area contributed by atoms with E-state index in [-0.39, 0.29) is 29.4 Å². The van der Waals surface area contributed by atoms with E-state index in [1.54, 1.807) is 23.2 Å². The number of carbonyl (C=O) groups is 2. The quantitative estimate of drug-likeness (QED) is 0.117. The van der Waals surface area contributed by atoms with Crippen molar-refractivity contribution < 1.29 is 19.1 Å². The Morgan fingerprint density at radius 1 is 0.933 bits per heavy atom. The predicted molar refractivity (Wildman–Crippen MR) is 180 cm³/mol. The number of nitrogens with one attached hydrogen (secondary N) is 2. The van der Waals surface area contributed by atoms with Crippen LogP contribution in [0.5, 0.6) is 5.75 Å². The molecule has 2 aromatic heterocycles. The molecule has 9 heteroatoms. The van der Waals surface area contributed by atoms with Crippen molar-refractivity contribution in [1.82, 2.24) is 9.97 Å². The van der Waals surface area contributed by atoms with E-state index in [1.807, 2.05) is 30.3 Å². The van der Waals surface area contributed by atoms with E-state index in [9.17, 15) is 14.4 Å². The largest absolute Gasteiger partial charge is 0.493 e. The summed E-state index contributed by atoms with van der Waals surface area (Å²) in [5.74, 6) is 0.648. The number of benzene rings is 2. The number of rotatable bonds is 13. The summed E-state index contributed by atoms with van der Waals surface area (Å²) in [5, 5.41) is 3.98. The van der Waals surface area contributed by atoms with Crippen LogP contribution in [0.2, 0.25) is 0 Å². The number of ether oxygens (including phenoxy) is 2. The van der Waals surface area contributed by atoms with Crippen LogP contribution in [-0.4, -0.2) is 41.7 Å². The van der Waals surface area contributed by atoms with E-state index in [2.05, 4.69) is 62.0 Å². The maximum Gasteiger partial charge on any atom is 0.326 e. The van der Waals surface area contributed by atoms with Crippen LogP contribution >= 0.6 is 0 Å². The molecule has 0 spiro atoms. The molecule has 2 N–H and O–H groups in total. The number of carbonyl (C=O) groups excluding carboxylic acids is 2. The number of hydrogen-bond acceptors (Lipinski definition) is 6. The molecule has 238 valence electrons. The van der Waals surface area contributed by atoms with E-state index in [4.69, 9.17) is 9.47 Å². The number of nitrogens with zero attached hydrogens (tertiary/aromatic N) is 2. The molecule has 2 heterocycles. The van der Waals surface area contributed by atoms with E-state index in [0.29, 0.717) is 37.5 Å². The maximum absolute atomic E-state index is 14.0. The molecule has 0 atom stereocenters. The first-order chi connectivity index (χ1) is 21.6. The second-order valence-electron chi connectivity index (χ2n) is 11.8. The van der Waals surface area contributed by atoms with Crippen LogP contribution in [0.1, 0.15) is 83.8 Å². The molecular weight excluding hydrogens is 568 g/mol. The van der Waals surface area contributed by atoms with E-state index in [1.165, 1.54) is 6.92 Å². The molecule has 2 amide bonds. The van der Waals surface area contributed by atoms with Crippen LogP contribution in [0.4, 0.5) is 16.2 Å². The summed E-state index contributed by atoms with van der Waals surface area (Å²) in [6.45, 7) is 13.0. The molecule has 0 unspecified atom stereocenters. The zero-order chi connectivity index (χ0) is 32.5. The SMILES string of the molecule is CCCCN(C(=O)Nc1c(C(C)C)cc(-c2cccc(OCCCOC(C)=O)c2)cc1C(C)C)c1cc2cccnc2[nH]c1=O. The number of aromatic amines is 1. The summed E-state index contributed by atoms with van der Waals surface area (Å²) >= 11 is 0. The van der Waals surface area contributed by atoms with Crippen molar-refractivity contribution in [1.29, 1.82) is 0 Å². The van der Waals surface area contributed by atoms with Crippen molar-refractivity contribution >= 4 is 34.4 Å². The Bertz CT molecular complexity index is 1670. The molecule has 2 aromatic carbocycles. The van der Waals surface area contributed by atoms with Crippen LogP contribution in [0.25, 0.3) is 22.2 Å². The highest BCUT2D eigenvalue weighted by molar-refractivity contribution is 6.03. The molecular formula is C36H44N4O5. The van der Waals surface area contributed by atoms with Crippen molar-refractivity contribution in [2.75, 3.05) is 30.0 Å². The van der Waals surface area contributed by atoms with Crippen LogP contribution in [0, 0.1) is 0 Å². The third-order valence-corrected chi connectivity index (χ3v) is 7.57. The second-order valence-corrected chi connectivity index (χ2v) is 11.8. The van der Waals surface area contributed by atoms with E-state index < -0.39 is 0 Å². The molecule has 4 aromatic rings. The molecule has 4 rings (SSSR count). The first-order valence-corrected chi connectivity index (χ1v) is 15.7. The van der Waals surface area contributed by atoms with Gasteiger partial charge in [0.2, 0.25) is 0 Å². The van der Waals surface area contributed by atoms with Gasteiger partial charge in [-0.2, -0.15) is 0 Å². The average Bonchev–Trinajstić information content (AvgIpc) is 3.01. The Morgan fingerprint density at radius 2 is 1.67 bits per heavy atom. The fourth-order valence-corrected chi connectivity index (χ4v) is 5.19. The standard InChI is InChI=1S/C36H44N4O5/c1-7-8-16-40(32-22-27-13-10-15-37-34(27)39-35(32)42)36(43)38-33-30(23(2)3)20-28(21-31(33)24(4)5)26-12-9-14-29(19-26)45-18-11-17-44-25(6)41/h9-10,12-15,19-24H,7-8,11,16-18H2,1-6H3,(H,38,43)(H,37,39,42). The van der Waals surface area contributed by atoms with Gasteiger partial charge in [0.05, 0.1) is 13.2 Å². The monoisotopic (exact) mass is 612 g/mol. The predicted octanol–water partition coefficient (Wildman–Crippen LogP) is 8.01. The van der Waals surface area contributed by atoms with Crippen LogP contribution in [0.15, 0.2) is 65.6 Å². The van der Waals surface area contributed by atoms with Gasteiger partial charge in [0.25, 0.3) is 5.56 Å². The van der Waals surface area contributed by atoms with E-state index in [0.717, 1.165) is 51.9 Å². The molecule has 0 radical (unpaired) electrons. The van der Waals surface area contributed by atoms with Crippen molar-refractivity contribution in [3.8, 4) is 16.9 Å². The zero-order valence-corrected chi connectivity index (χ0v) is 27.1.